The molecule has 1 N–H and O–H groups in total. The zero-order chi connectivity index (χ0) is 15.9. The first-order valence-electron chi connectivity index (χ1n) is 8.66. The minimum Gasteiger partial charge on any atom is -0.342 e. The molecule has 1 atom stereocenters. The summed E-state index contributed by atoms with van der Waals surface area (Å²) in [6.45, 7) is 8.90. The van der Waals surface area contributed by atoms with Crippen LogP contribution in [0.2, 0.25) is 0 Å². The summed E-state index contributed by atoms with van der Waals surface area (Å²) in [6, 6.07) is 0.285. The van der Waals surface area contributed by atoms with Gasteiger partial charge in [-0.2, -0.15) is 0 Å². The second kappa shape index (κ2) is 8.40. The van der Waals surface area contributed by atoms with E-state index in [2.05, 4.69) is 19.2 Å². The van der Waals surface area contributed by atoms with Crippen LogP contribution in [0.3, 0.4) is 0 Å². The Morgan fingerprint density at radius 2 is 1.76 bits per heavy atom. The highest BCUT2D eigenvalue weighted by Crippen LogP contribution is 2.26. The molecule has 0 spiro atoms. The molecule has 0 aromatic heterocycles. The van der Waals surface area contributed by atoms with Crippen LogP contribution in [0, 0.1) is 0 Å². The average molecular weight is 296 g/mol. The van der Waals surface area contributed by atoms with Crippen molar-refractivity contribution in [3.05, 3.63) is 0 Å². The van der Waals surface area contributed by atoms with Crippen molar-refractivity contribution in [1.29, 1.82) is 0 Å². The Kier molecular flexibility index (Phi) is 7.20. The number of carbonyl (C=O) groups excluding carboxylic acids is 2. The van der Waals surface area contributed by atoms with Gasteiger partial charge in [0.2, 0.25) is 11.8 Å². The lowest BCUT2D eigenvalue weighted by molar-refractivity contribution is -0.141. The van der Waals surface area contributed by atoms with Crippen molar-refractivity contribution in [2.75, 3.05) is 6.54 Å². The van der Waals surface area contributed by atoms with Crippen LogP contribution in [-0.4, -0.2) is 34.8 Å². The molecule has 1 rings (SSSR count). The molecule has 0 bridgehead atoms. The van der Waals surface area contributed by atoms with Gasteiger partial charge in [0.15, 0.2) is 0 Å². The van der Waals surface area contributed by atoms with Gasteiger partial charge < -0.3 is 10.2 Å². The van der Waals surface area contributed by atoms with Crippen molar-refractivity contribution in [2.45, 2.75) is 90.6 Å². The molecule has 0 aromatic carbocycles. The molecule has 4 nitrogen and oxygen atoms in total. The molecule has 122 valence electrons. The topological polar surface area (TPSA) is 49.4 Å². The third-order valence-electron chi connectivity index (χ3n) is 4.79. The molecule has 0 aromatic rings. The number of nitrogens with zero attached hydrogens (tertiary/aromatic N) is 1. The van der Waals surface area contributed by atoms with Gasteiger partial charge in [-0.3, -0.25) is 9.59 Å². The third-order valence-corrected chi connectivity index (χ3v) is 4.79. The maximum atomic E-state index is 13.1. The van der Waals surface area contributed by atoms with Gasteiger partial charge in [0.05, 0.1) is 0 Å². The fourth-order valence-corrected chi connectivity index (χ4v) is 3.29. The number of carbonyl (C=O) groups is 2. The first-order valence-corrected chi connectivity index (χ1v) is 8.66. The fourth-order valence-electron chi connectivity index (χ4n) is 3.29. The second-order valence-corrected chi connectivity index (χ2v) is 6.17. The van der Waals surface area contributed by atoms with Gasteiger partial charge in [0.1, 0.15) is 5.54 Å². The van der Waals surface area contributed by atoms with Gasteiger partial charge in [-0.25, -0.2) is 0 Å². The molecule has 1 unspecified atom stereocenters. The van der Waals surface area contributed by atoms with Crippen LogP contribution in [0.15, 0.2) is 0 Å². The molecular formula is C17H32N2O2. The van der Waals surface area contributed by atoms with E-state index in [4.69, 9.17) is 0 Å². The summed E-state index contributed by atoms with van der Waals surface area (Å²) in [5.41, 5.74) is -0.689. The van der Waals surface area contributed by atoms with Gasteiger partial charge in [0, 0.05) is 19.0 Å². The van der Waals surface area contributed by atoms with Gasteiger partial charge in [-0.1, -0.05) is 47.0 Å². The van der Waals surface area contributed by atoms with E-state index in [0.717, 1.165) is 32.1 Å². The lowest BCUT2D eigenvalue weighted by Crippen LogP contribution is -2.58. The van der Waals surface area contributed by atoms with Crippen molar-refractivity contribution >= 4 is 11.8 Å². The first-order chi connectivity index (χ1) is 10.0. The van der Waals surface area contributed by atoms with Crippen LogP contribution >= 0.6 is 0 Å². The number of unbranched alkanes of at least 4 members (excludes halogenated alkanes) is 1. The standard InChI is InChI=1S/C17H32N2O2/c1-5-9-11-14(10-6-2)19-13-12-15(20)18-17(7-3,8-4)16(19)21/h14H,5-13H2,1-4H3,(H,18,20). The van der Waals surface area contributed by atoms with Crippen LogP contribution in [0.5, 0.6) is 0 Å². The van der Waals surface area contributed by atoms with E-state index < -0.39 is 5.54 Å². The van der Waals surface area contributed by atoms with Gasteiger partial charge in [0.25, 0.3) is 0 Å². The van der Waals surface area contributed by atoms with Crippen LogP contribution < -0.4 is 5.32 Å². The summed E-state index contributed by atoms with van der Waals surface area (Å²) in [6.07, 6.45) is 7.20. The summed E-state index contributed by atoms with van der Waals surface area (Å²) in [5.74, 6) is 0.146. The highest BCUT2D eigenvalue weighted by molar-refractivity contribution is 5.93. The Morgan fingerprint density at radius 1 is 1.10 bits per heavy atom. The van der Waals surface area contributed by atoms with E-state index in [0.29, 0.717) is 25.8 Å². The van der Waals surface area contributed by atoms with Gasteiger partial charge >= 0.3 is 0 Å². The van der Waals surface area contributed by atoms with Crippen molar-refractivity contribution in [3.63, 3.8) is 0 Å². The molecule has 0 radical (unpaired) electrons. The minimum atomic E-state index is -0.689. The number of amides is 2. The minimum absolute atomic E-state index is 0.0142. The Morgan fingerprint density at radius 3 is 2.29 bits per heavy atom. The van der Waals surface area contributed by atoms with Crippen LogP contribution in [-0.2, 0) is 9.59 Å². The SMILES string of the molecule is CCCCC(CCC)N1CCC(=O)NC(CC)(CC)C1=O. The molecule has 4 heteroatoms. The summed E-state index contributed by atoms with van der Waals surface area (Å²) in [5, 5.41) is 2.99. The molecule has 1 heterocycles. The monoisotopic (exact) mass is 296 g/mol. The highest BCUT2D eigenvalue weighted by Gasteiger charge is 2.43. The predicted octanol–water partition coefficient (Wildman–Crippen LogP) is 3.25. The van der Waals surface area contributed by atoms with Gasteiger partial charge in [-0.05, 0) is 25.7 Å². The molecule has 21 heavy (non-hydrogen) atoms. The Labute approximate surface area is 129 Å². The summed E-state index contributed by atoms with van der Waals surface area (Å²) >= 11 is 0. The lowest BCUT2D eigenvalue weighted by atomic mass is 9.90. The maximum Gasteiger partial charge on any atom is 0.248 e. The van der Waals surface area contributed by atoms with Crippen molar-refractivity contribution < 1.29 is 9.59 Å². The number of hydrogen-bond acceptors (Lipinski definition) is 2. The molecule has 0 aliphatic carbocycles. The molecule has 0 saturated carbocycles. The molecule has 2 amide bonds. The van der Waals surface area contributed by atoms with Crippen LogP contribution in [0.25, 0.3) is 0 Å². The van der Waals surface area contributed by atoms with E-state index in [9.17, 15) is 9.59 Å². The summed E-state index contributed by atoms with van der Waals surface area (Å²) < 4.78 is 0. The van der Waals surface area contributed by atoms with Crippen molar-refractivity contribution in [2.24, 2.45) is 0 Å². The largest absolute Gasteiger partial charge is 0.342 e. The Bertz CT molecular complexity index is 351. The molecule has 1 saturated heterocycles. The number of hydrogen-bond donors (Lipinski definition) is 1. The molecule has 1 aliphatic rings. The molecule has 1 fully saturated rings. The van der Waals surface area contributed by atoms with E-state index >= 15 is 0 Å². The van der Waals surface area contributed by atoms with Crippen LogP contribution in [0.1, 0.15) is 79.1 Å². The zero-order valence-electron chi connectivity index (χ0n) is 14.2. The number of nitrogens with one attached hydrogen (secondary N) is 1. The fraction of sp³-hybridized carbons (Fsp3) is 0.882. The third kappa shape index (κ3) is 4.21. The Balaban J connectivity index is 3.01. The van der Waals surface area contributed by atoms with E-state index in [-0.39, 0.29) is 17.9 Å². The van der Waals surface area contributed by atoms with E-state index in [1.807, 2.05) is 18.7 Å². The Hall–Kier alpha value is -1.06. The number of rotatable bonds is 8. The van der Waals surface area contributed by atoms with E-state index in [1.165, 1.54) is 0 Å². The second-order valence-electron chi connectivity index (χ2n) is 6.17. The summed E-state index contributed by atoms with van der Waals surface area (Å²) in [4.78, 5) is 27.1. The van der Waals surface area contributed by atoms with Crippen molar-refractivity contribution in [3.8, 4) is 0 Å². The lowest BCUT2D eigenvalue weighted by Gasteiger charge is -2.38. The van der Waals surface area contributed by atoms with E-state index in [1.54, 1.807) is 0 Å². The first kappa shape index (κ1) is 18.0. The maximum absolute atomic E-state index is 13.1. The average Bonchev–Trinajstić information content (AvgIpc) is 2.61. The van der Waals surface area contributed by atoms with Crippen molar-refractivity contribution in [1.82, 2.24) is 10.2 Å². The normalized spacial score (nSPS) is 20.1. The highest BCUT2D eigenvalue weighted by atomic mass is 16.2. The predicted molar refractivity (Wildman–Crippen MR) is 86.0 cm³/mol. The smallest absolute Gasteiger partial charge is 0.248 e. The zero-order valence-corrected chi connectivity index (χ0v) is 14.2. The molecular weight excluding hydrogens is 264 g/mol. The molecule has 1 aliphatic heterocycles. The quantitative estimate of drug-likeness (QED) is 0.747. The summed E-state index contributed by atoms with van der Waals surface area (Å²) in [7, 11) is 0. The van der Waals surface area contributed by atoms with Crippen LogP contribution in [0.4, 0.5) is 0 Å². The van der Waals surface area contributed by atoms with Gasteiger partial charge in [-0.15, -0.1) is 0 Å².